The van der Waals surface area contributed by atoms with Crippen LogP contribution in [0.15, 0.2) is 36.4 Å². The summed E-state index contributed by atoms with van der Waals surface area (Å²) in [4.78, 5) is 19.3. The molecule has 29 heavy (non-hydrogen) atoms. The molecule has 0 saturated heterocycles. The Hall–Kier alpha value is -2.49. The SMILES string of the molecule is CCOc1cc(C(=O)Nc2nnn[nH]2)nc(-c2ccc(N(CC)CC)cc2)c1.[Na]. The van der Waals surface area contributed by atoms with Gasteiger partial charge in [0.15, 0.2) is 0 Å². The molecule has 3 aromatic rings. The summed E-state index contributed by atoms with van der Waals surface area (Å²) in [6.45, 7) is 8.50. The molecule has 2 N–H and O–H groups in total. The molecule has 0 aliphatic rings. The summed E-state index contributed by atoms with van der Waals surface area (Å²) in [7, 11) is 0. The molecular weight excluding hydrogens is 381 g/mol. The Morgan fingerprint density at radius 2 is 1.86 bits per heavy atom. The van der Waals surface area contributed by atoms with Gasteiger partial charge in [0.2, 0.25) is 5.95 Å². The molecule has 3 rings (SSSR count). The first-order chi connectivity index (χ1) is 13.6. The Labute approximate surface area is 191 Å². The molecule has 2 heterocycles. The minimum atomic E-state index is -0.430. The second-order valence-electron chi connectivity index (χ2n) is 5.93. The quantitative estimate of drug-likeness (QED) is 0.555. The van der Waals surface area contributed by atoms with Crippen LogP contribution in [-0.4, -0.2) is 80.8 Å². The molecule has 0 fully saturated rings. The number of amides is 1. The third-order valence-corrected chi connectivity index (χ3v) is 4.21. The van der Waals surface area contributed by atoms with Crippen molar-refractivity contribution in [3.05, 3.63) is 42.1 Å². The van der Waals surface area contributed by atoms with Crippen LogP contribution in [0.1, 0.15) is 31.3 Å². The van der Waals surface area contributed by atoms with Gasteiger partial charge in [-0.15, -0.1) is 0 Å². The number of tetrazole rings is 1. The molecule has 0 unspecified atom stereocenters. The van der Waals surface area contributed by atoms with E-state index in [-0.39, 0.29) is 41.2 Å². The number of benzene rings is 1. The van der Waals surface area contributed by atoms with Crippen molar-refractivity contribution < 1.29 is 9.53 Å². The molecule has 147 valence electrons. The molecule has 1 amide bonds. The average Bonchev–Trinajstić information content (AvgIpc) is 3.22. The molecule has 9 nitrogen and oxygen atoms in total. The summed E-state index contributed by atoms with van der Waals surface area (Å²) in [5.74, 6) is 0.293. The first-order valence-electron chi connectivity index (χ1n) is 9.19. The van der Waals surface area contributed by atoms with Gasteiger partial charge in [0.25, 0.3) is 5.91 Å². The van der Waals surface area contributed by atoms with E-state index in [2.05, 4.69) is 61.8 Å². The number of anilines is 2. The first-order valence-corrected chi connectivity index (χ1v) is 9.19. The van der Waals surface area contributed by atoms with E-state index in [9.17, 15) is 4.79 Å². The van der Waals surface area contributed by atoms with Crippen molar-refractivity contribution in [3.8, 4) is 17.0 Å². The minimum Gasteiger partial charge on any atom is -0.494 e. The molecule has 1 radical (unpaired) electrons. The van der Waals surface area contributed by atoms with E-state index in [1.165, 1.54) is 0 Å². The topological polar surface area (TPSA) is 109 Å². The van der Waals surface area contributed by atoms with E-state index in [0.29, 0.717) is 18.1 Å². The molecule has 0 bridgehead atoms. The number of H-pyrrole nitrogens is 1. The number of nitrogens with one attached hydrogen (secondary N) is 2. The van der Waals surface area contributed by atoms with Gasteiger partial charge in [0, 0.05) is 66.0 Å². The number of hydrogen-bond donors (Lipinski definition) is 2. The fraction of sp³-hybridized carbons (Fsp3) is 0.316. The summed E-state index contributed by atoms with van der Waals surface area (Å²) in [6.07, 6.45) is 0. The molecule has 10 heteroatoms. The van der Waals surface area contributed by atoms with Gasteiger partial charge >= 0.3 is 0 Å². The normalized spacial score (nSPS) is 10.2. The van der Waals surface area contributed by atoms with Crippen LogP contribution in [-0.2, 0) is 0 Å². The number of carbonyl (C=O) groups excluding carboxylic acids is 1. The van der Waals surface area contributed by atoms with Crippen LogP contribution in [0.3, 0.4) is 0 Å². The van der Waals surface area contributed by atoms with Crippen LogP contribution in [0.5, 0.6) is 5.75 Å². The number of aromatic amines is 1. The van der Waals surface area contributed by atoms with E-state index in [0.717, 1.165) is 24.3 Å². The zero-order chi connectivity index (χ0) is 19.9. The van der Waals surface area contributed by atoms with Crippen LogP contribution in [0.2, 0.25) is 0 Å². The maximum absolute atomic E-state index is 12.5. The summed E-state index contributed by atoms with van der Waals surface area (Å²) < 4.78 is 5.61. The molecule has 0 aliphatic heterocycles. The Morgan fingerprint density at radius 3 is 2.45 bits per heavy atom. The molecule has 0 atom stereocenters. The van der Waals surface area contributed by atoms with E-state index < -0.39 is 5.91 Å². The molecule has 2 aromatic heterocycles. The van der Waals surface area contributed by atoms with Gasteiger partial charge < -0.3 is 9.64 Å². The van der Waals surface area contributed by atoms with Crippen LogP contribution in [0, 0.1) is 0 Å². The molecule has 1 aromatic carbocycles. The Kier molecular flexibility index (Phi) is 8.56. The van der Waals surface area contributed by atoms with Gasteiger partial charge in [-0.2, -0.15) is 0 Å². The number of hydrogen-bond acceptors (Lipinski definition) is 7. The van der Waals surface area contributed by atoms with Crippen molar-refractivity contribution in [3.63, 3.8) is 0 Å². The number of rotatable bonds is 8. The van der Waals surface area contributed by atoms with E-state index in [1.807, 2.05) is 25.1 Å². The van der Waals surface area contributed by atoms with Gasteiger partial charge in [0.1, 0.15) is 11.4 Å². The number of aromatic nitrogens is 5. The molecule has 0 spiro atoms. The maximum Gasteiger partial charge on any atom is 0.276 e. The molecular formula is C19H23N7NaO2. The van der Waals surface area contributed by atoms with Crippen molar-refractivity contribution in [2.75, 3.05) is 29.9 Å². The van der Waals surface area contributed by atoms with E-state index in [1.54, 1.807) is 6.07 Å². The Balaban J connectivity index is 0.00000300. The second kappa shape index (κ2) is 10.9. The van der Waals surface area contributed by atoms with Crippen molar-refractivity contribution in [2.24, 2.45) is 0 Å². The minimum absolute atomic E-state index is 0. The van der Waals surface area contributed by atoms with Crippen molar-refractivity contribution in [1.82, 2.24) is 25.6 Å². The van der Waals surface area contributed by atoms with Crippen LogP contribution < -0.4 is 15.0 Å². The summed E-state index contributed by atoms with van der Waals surface area (Å²) in [5.41, 5.74) is 2.90. The van der Waals surface area contributed by atoms with Crippen molar-refractivity contribution >= 4 is 47.1 Å². The summed E-state index contributed by atoms with van der Waals surface area (Å²) >= 11 is 0. The number of carbonyl (C=O) groups is 1. The number of ether oxygens (including phenoxy) is 1. The predicted molar refractivity (Wildman–Crippen MR) is 112 cm³/mol. The number of nitrogens with zero attached hydrogens (tertiary/aromatic N) is 5. The van der Waals surface area contributed by atoms with E-state index >= 15 is 0 Å². The standard InChI is InChI=1S/C19H23N7O2.Na/c1-4-26(5-2)14-9-7-13(8-10-14)16-11-15(28-6-3)12-17(20-16)18(27)21-19-22-24-25-23-19;/h7-12H,4-6H2,1-3H3,(H2,21,22,23,24,25,27);. The molecule has 0 aliphatic carbocycles. The number of pyridine rings is 1. The van der Waals surface area contributed by atoms with Gasteiger partial charge in [-0.3, -0.25) is 10.1 Å². The zero-order valence-corrected chi connectivity index (χ0v) is 19.1. The second-order valence-corrected chi connectivity index (χ2v) is 5.93. The van der Waals surface area contributed by atoms with Gasteiger partial charge in [-0.1, -0.05) is 17.2 Å². The fourth-order valence-electron chi connectivity index (χ4n) is 2.84. The summed E-state index contributed by atoms with van der Waals surface area (Å²) in [6, 6.07) is 11.5. The predicted octanol–water partition coefficient (Wildman–Crippen LogP) is 2.38. The summed E-state index contributed by atoms with van der Waals surface area (Å²) in [5, 5.41) is 15.6. The van der Waals surface area contributed by atoms with Crippen LogP contribution in [0.4, 0.5) is 11.6 Å². The van der Waals surface area contributed by atoms with Crippen molar-refractivity contribution in [1.29, 1.82) is 0 Å². The van der Waals surface area contributed by atoms with Gasteiger partial charge in [-0.25, -0.2) is 10.1 Å². The van der Waals surface area contributed by atoms with Gasteiger partial charge in [-0.05, 0) is 43.3 Å². The van der Waals surface area contributed by atoms with E-state index in [4.69, 9.17) is 4.74 Å². The van der Waals surface area contributed by atoms with Crippen molar-refractivity contribution in [2.45, 2.75) is 20.8 Å². The Bertz CT molecular complexity index is 913. The maximum atomic E-state index is 12.5. The Morgan fingerprint density at radius 1 is 1.14 bits per heavy atom. The third-order valence-electron chi connectivity index (χ3n) is 4.21. The first kappa shape index (κ1) is 22.8. The monoisotopic (exact) mass is 404 g/mol. The third kappa shape index (κ3) is 5.75. The molecule has 0 saturated carbocycles. The van der Waals surface area contributed by atoms with Gasteiger partial charge in [0.05, 0.1) is 12.3 Å². The fourth-order valence-corrected chi connectivity index (χ4v) is 2.84. The smallest absolute Gasteiger partial charge is 0.276 e. The largest absolute Gasteiger partial charge is 0.494 e. The zero-order valence-electron chi connectivity index (χ0n) is 17.1. The average molecular weight is 404 g/mol. The van der Waals surface area contributed by atoms with Crippen LogP contribution >= 0.6 is 0 Å². The van der Waals surface area contributed by atoms with Crippen LogP contribution in [0.25, 0.3) is 11.3 Å².